The molecular formula is C20H23NO3. The molecule has 0 spiro atoms. The molecule has 0 heterocycles. The van der Waals surface area contributed by atoms with Crippen LogP contribution in [-0.2, 0) is 6.42 Å². The van der Waals surface area contributed by atoms with Gasteiger partial charge in [0, 0.05) is 22.9 Å². The first-order chi connectivity index (χ1) is 11.6. The second kappa shape index (κ2) is 8.20. The minimum atomic E-state index is -0.0788. The molecule has 2 rings (SSSR count). The van der Waals surface area contributed by atoms with Crippen LogP contribution in [-0.4, -0.2) is 20.0 Å². The van der Waals surface area contributed by atoms with Crippen molar-refractivity contribution in [2.75, 3.05) is 20.0 Å². The zero-order valence-electron chi connectivity index (χ0n) is 14.3. The fraction of sp³-hybridized carbons (Fsp3) is 0.250. The van der Waals surface area contributed by atoms with E-state index in [0.29, 0.717) is 17.0 Å². The molecule has 0 aliphatic rings. The van der Waals surface area contributed by atoms with Gasteiger partial charge in [-0.1, -0.05) is 13.3 Å². The SMILES string of the molecule is CCCc1cc(C=CC(=O)c2ccc(N)cc2)c(OC)cc1OC. The topological polar surface area (TPSA) is 61.6 Å². The largest absolute Gasteiger partial charge is 0.496 e. The van der Waals surface area contributed by atoms with Crippen molar-refractivity contribution < 1.29 is 14.3 Å². The molecule has 4 nitrogen and oxygen atoms in total. The number of benzene rings is 2. The molecule has 0 amide bonds. The Hall–Kier alpha value is -2.75. The van der Waals surface area contributed by atoms with Gasteiger partial charge in [0.05, 0.1) is 14.2 Å². The average molecular weight is 325 g/mol. The molecule has 2 N–H and O–H groups in total. The van der Waals surface area contributed by atoms with Crippen molar-refractivity contribution in [2.45, 2.75) is 19.8 Å². The summed E-state index contributed by atoms with van der Waals surface area (Å²) in [6, 6.07) is 10.7. The first-order valence-corrected chi connectivity index (χ1v) is 7.91. The molecule has 0 saturated carbocycles. The summed E-state index contributed by atoms with van der Waals surface area (Å²) in [4.78, 5) is 12.3. The number of nitrogens with two attached hydrogens (primary N) is 1. The normalized spacial score (nSPS) is 10.8. The van der Waals surface area contributed by atoms with Gasteiger partial charge in [-0.25, -0.2) is 0 Å². The molecule has 0 fully saturated rings. The minimum absolute atomic E-state index is 0.0788. The van der Waals surface area contributed by atoms with E-state index in [1.165, 1.54) is 0 Å². The number of hydrogen-bond donors (Lipinski definition) is 1. The highest BCUT2D eigenvalue weighted by atomic mass is 16.5. The highest BCUT2D eigenvalue weighted by Gasteiger charge is 2.10. The van der Waals surface area contributed by atoms with Gasteiger partial charge >= 0.3 is 0 Å². The van der Waals surface area contributed by atoms with Crippen LogP contribution >= 0.6 is 0 Å². The van der Waals surface area contributed by atoms with Gasteiger partial charge in [-0.3, -0.25) is 4.79 Å². The summed E-state index contributed by atoms with van der Waals surface area (Å²) in [5.74, 6) is 1.40. The summed E-state index contributed by atoms with van der Waals surface area (Å²) in [5.41, 5.74) is 8.83. The number of methoxy groups -OCH3 is 2. The maximum atomic E-state index is 12.3. The molecular weight excluding hydrogens is 302 g/mol. The zero-order chi connectivity index (χ0) is 17.5. The third kappa shape index (κ3) is 4.16. The number of anilines is 1. The lowest BCUT2D eigenvalue weighted by atomic mass is 10.0. The second-order valence-corrected chi connectivity index (χ2v) is 5.48. The predicted molar refractivity (Wildman–Crippen MR) is 97.8 cm³/mol. The maximum absolute atomic E-state index is 12.3. The smallest absolute Gasteiger partial charge is 0.185 e. The van der Waals surface area contributed by atoms with E-state index >= 15 is 0 Å². The van der Waals surface area contributed by atoms with Crippen molar-refractivity contribution in [3.05, 3.63) is 59.2 Å². The average Bonchev–Trinajstić information content (AvgIpc) is 2.60. The molecule has 0 aromatic heterocycles. The number of hydrogen-bond acceptors (Lipinski definition) is 4. The number of carbonyl (C=O) groups is 1. The van der Waals surface area contributed by atoms with Gasteiger partial charge in [0.1, 0.15) is 11.5 Å². The Bertz CT molecular complexity index is 733. The third-order valence-corrected chi connectivity index (χ3v) is 3.76. The predicted octanol–water partition coefficient (Wildman–Crippen LogP) is 4.13. The van der Waals surface area contributed by atoms with Crippen molar-refractivity contribution in [2.24, 2.45) is 0 Å². The van der Waals surface area contributed by atoms with Crippen LogP contribution in [0.2, 0.25) is 0 Å². The van der Waals surface area contributed by atoms with Crippen molar-refractivity contribution >= 4 is 17.5 Å². The molecule has 0 aliphatic heterocycles. The number of carbonyl (C=O) groups excluding carboxylic acids is 1. The molecule has 0 unspecified atom stereocenters. The molecule has 0 atom stereocenters. The number of ketones is 1. The van der Waals surface area contributed by atoms with Gasteiger partial charge in [-0.2, -0.15) is 0 Å². The van der Waals surface area contributed by atoms with Crippen LogP contribution in [0, 0.1) is 0 Å². The third-order valence-electron chi connectivity index (χ3n) is 3.76. The Morgan fingerprint density at radius 2 is 1.75 bits per heavy atom. The fourth-order valence-electron chi connectivity index (χ4n) is 2.50. The van der Waals surface area contributed by atoms with E-state index in [1.54, 1.807) is 50.6 Å². The molecule has 2 aromatic rings. The fourth-order valence-corrected chi connectivity index (χ4v) is 2.50. The standard InChI is InChI=1S/C20H23NO3/c1-4-5-15-12-16(20(24-3)13-19(15)23-2)8-11-18(22)14-6-9-17(21)10-7-14/h6-13H,4-5,21H2,1-3H3. The number of allylic oxidation sites excluding steroid dienone is 1. The first-order valence-electron chi connectivity index (χ1n) is 7.91. The Kier molecular flexibility index (Phi) is 6.01. The summed E-state index contributed by atoms with van der Waals surface area (Å²) >= 11 is 0. The van der Waals surface area contributed by atoms with Crippen LogP contribution < -0.4 is 15.2 Å². The van der Waals surface area contributed by atoms with E-state index in [4.69, 9.17) is 15.2 Å². The van der Waals surface area contributed by atoms with Crippen LogP contribution in [0.3, 0.4) is 0 Å². The summed E-state index contributed by atoms with van der Waals surface area (Å²) in [7, 11) is 3.25. The van der Waals surface area contributed by atoms with E-state index in [-0.39, 0.29) is 5.78 Å². The van der Waals surface area contributed by atoms with E-state index < -0.39 is 0 Å². The molecule has 0 bridgehead atoms. The summed E-state index contributed by atoms with van der Waals surface area (Å²) < 4.78 is 10.8. The van der Waals surface area contributed by atoms with Crippen molar-refractivity contribution in [3.63, 3.8) is 0 Å². The summed E-state index contributed by atoms with van der Waals surface area (Å²) in [5, 5.41) is 0. The highest BCUT2D eigenvalue weighted by Crippen LogP contribution is 2.31. The molecule has 4 heteroatoms. The van der Waals surface area contributed by atoms with Gasteiger partial charge in [-0.15, -0.1) is 0 Å². The van der Waals surface area contributed by atoms with Gasteiger partial charge < -0.3 is 15.2 Å². The molecule has 0 aliphatic carbocycles. The van der Waals surface area contributed by atoms with Gasteiger partial charge in [0.25, 0.3) is 0 Å². The van der Waals surface area contributed by atoms with Crippen LogP contribution in [0.1, 0.15) is 34.8 Å². The molecule has 2 aromatic carbocycles. The van der Waals surface area contributed by atoms with E-state index in [9.17, 15) is 4.79 Å². The van der Waals surface area contributed by atoms with Gasteiger partial charge in [0.15, 0.2) is 5.78 Å². The maximum Gasteiger partial charge on any atom is 0.185 e. The summed E-state index contributed by atoms with van der Waals surface area (Å²) in [6.45, 7) is 2.11. The van der Waals surface area contributed by atoms with Crippen molar-refractivity contribution in [3.8, 4) is 11.5 Å². The van der Waals surface area contributed by atoms with E-state index in [1.807, 2.05) is 12.1 Å². The number of rotatable bonds is 7. The van der Waals surface area contributed by atoms with Crippen molar-refractivity contribution in [1.82, 2.24) is 0 Å². The zero-order valence-corrected chi connectivity index (χ0v) is 14.3. The molecule has 0 saturated heterocycles. The van der Waals surface area contributed by atoms with Crippen molar-refractivity contribution in [1.29, 1.82) is 0 Å². The lowest BCUT2D eigenvalue weighted by Crippen LogP contribution is -1.97. The first kappa shape index (κ1) is 17.6. The van der Waals surface area contributed by atoms with Crippen LogP contribution in [0.25, 0.3) is 6.08 Å². The summed E-state index contributed by atoms with van der Waals surface area (Å²) in [6.07, 6.45) is 5.23. The molecule has 24 heavy (non-hydrogen) atoms. The Morgan fingerprint density at radius 1 is 1.08 bits per heavy atom. The number of nitrogen functional groups attached to an aromatic ring is 1. The van der Waals surface area contributed by atoms with Gasteiger partial charge in [-0.05, 0) is 54.5 Å². The molecule has 126 valence electrons. The highest BCUT2D eigenvalue weighted by molar-refractivity contribution is 6.07. The van der Waals surface area contributed by atoms with Crippen LogP contribution in [0.15, 0.2) is 42.5 Å². The van der Waals surface area contributed by atoms with Crippen LogP contribution in [0.4, 0.5) is 5.69 Å². The monoisotopic (exact) mass is 325 g/mol. The lowest BCUT2D eigenvalue weighted by Gasteiger charge is -2.12. The lowest BCUT2D eigenvalue weighted by molar-refractivity contribution is 0.104. The van der Waals surface area contributed by atoms with E-state index in [2.05, 4.69) is 6.92 Å². The Morgan fingerprint density at radius 3 is 2.33 bits per heavy atom. The molecule has 0 radical (unpaired) electrons. The number of ether oxygens (including phenoxy) is 2. The quantitative estimate of drug-likeness (QED) is 0.472. The van der Waals surface area contributed by atoms with Crippen LogP contribution in [0.5, 0.6) is 11.5 Å². The number of aryl methyl sites for hydroxylation is 1. The second-order valence-electron chi connectivity index (χ2n) is 5.48. The Balaban J connectivity index is 2.31. The minimum Gasteiger partial charge on any atom is -0.496 e. The van der Waals surface area contributed by atoms with Gasteiger partial charge in [0.2, 0.25) is 0 Å². The van der Waals surface area contributed by atoms with E-state index in [0.717, 1.165) is 29.7 Å². The Labute approximate surface area is 142 Å².